The molecular formula is C25H31N5O4S2. The summed E-state index contributed by atoms with van der Waals surface area (Å²) < 4.78 is 0. The van der Waals surface area contributed by atoms with E-state index in [1.54, 1.807) is 24.1 Å². The molecule has 0 spiro atoms. The molecule has 0 aromatic heterocycles. The Morgan fingerprint density at radius 2 is 1.83 bits per heavy atom. The highest BCUT2D eigenvalue weighted by atomic mass is 32.2. The van der Waals surface area contributed by atoms with Crippen molar-refractivity contribution < 1.29 is 19.2 Å². The Morgan fingerprint density at radius 1 is 1.08 bits per heavy atom. The van der Waals surface area contributed by atoms with Crippen LogP contribution < -0.4 is 21.7 Å². The molecule has 1 aliphatic heterocycles. The Bertz CT molecular complexity index is 1090. The summed E-state index contributed by atoms with van der Waals surface area (Å²) in [5.74, 6) is -1.22. The van der Waals surface area contributed by atoms with Crippen LogP contribution in [0.1, 0.15) is 12.0 Å². The van der Waals surface area contributed by atoms with Gasteiger partial charge in [0.05, 0.1) is 11.8 Å². The lowest BCUT2D eigenvalue weighted by atomic mass is 10.0. The van der Waals surface area contributed by atoms with Crippen molar-refractivity contribution in [3.05, 3.63) is 60.2 Å². The molecule has 0 bridgehead atoms. The number of hydrogen-bond donors (Lipinski definition) is 4. The van der Waals surface area contributed by atoms with Gasteiger partial charge in [-0.15, -0.1) is 11.8 Å². The first-order valence-corrected chi connectivity index (χ1v) is 14.1. The zero-order chi connectivity index (χ0) is 26.1. The van der Waals surface area contributed by atoms with Crippen LogP contribution in [0.3, 0.4) is 0 Å². The molecule has 11 heteroatoms. The van der Waals surface area contributed by atoms with Gasteiger partial charge in [0.25, 0.3) is 0 Å². The fraction of sp³-hybridized carbons (Fsp3) is 0.360. The lowest BCUT2D eigenvalue weighted by Crippen LogP contribution is -2.58. The van der Waals surface area contributed by atoms with Crippen LogP contribution in [-0.4, -0.2) is 71.6 Å². The molecule has 5 amide bonds. The van der Waals surface area contributed by atoms with Crippen molar-refractivity contribution in [2.45, 2.75) is 35.9 Å². The smallest absolute Gasteiger partial charge is 0.319 e. The summed E-state index contributed by atoms with van der Waals surface area (Å²) in [4.78, 5) is 53.5. The number of nitrogens with one attached hydrogen (secondary N) is 3. The van der Waals surface area contributed by atoms with E-state index in [9.17, 15) is 19.2 Å². The Kier molecular flexibility index (Phi) is 10.1. The normalized spacial score (nSPS) is 17.8. The molecule has 2 aromatic rings. The van der Waals surface area contributed by atoms with E-state index in [0.29, 0.717) is 18.7 Å². The second-order valence-corrected chi connectivity index (χ2v) is 10.1. The number of nitrogens with two attached hydrogens (primary N) is 1. The first-order valence-electron chi connectivity index (χ1n) is 11.5. The van der Waals surface area contributed by atoms with Crippen molar-refractivity contribution in [1.29, 1.82) is 0 Å². The summed E-state index contributed by atoms with van der Waals surface area (Å²) in [6, 6.07) is 13.6. The van der Waals surface area contributed by atoms with Crippen LogP contribution >= 0.6 is 23.5 Å². The highest BCUT2D eigenvalue weighted by Gasteiger charge is 2.43. The number of urea groups is 1. The molecule has 1 aliphatic rings. The molecule has 0 radical (unpaired) electrons. The largest absolute Gasteiger partial charge is 0.368 e. The number of carbonyl (C=O) groups is 4. The second-order valence-electron chi connectivity index (χ2n) is 8.34. The van der Waals surface area contributed by atoms with E-state index in [1.165, 1.54) is 16.7 Å². The van der Waals surface area contributed by atoms with Gasteiger partial charge in [-0.2, -0.15) is 11.8 Å². The predicted molar refractivity (Wildman–Crippen MR) is 144 cm³/mol. The van der Waals surface area contributed by atoms with E-state index >= 15 is 0 Å². The summed E-state index contributed by atoms with van der Waals surface area (Å²) in [5, 5.41) is 8.34. The number of likely N-dealkylation sites (tertiary alicyclic amines) is 1. The van der Waals surface area contributed by atoms with Gasteiger partial charge in [-0.25, -0.2) is 4.79 Å². The molecule has 1 saturated heterocycles. The molecule has 0 saturated carbocycles. The van der Waals surface area contributed by atoms with E-state index in [4.69, 9.17) is 5.73 Å². The minimum Gasteiger partial charge on any atom is -0.368 e. The third kappa shape index (κ3) is 7.41. The zero-order valence-corrected chi connectivity index (χ0v) is 21.9. The average Bonchev–Trinajstić information content (AvgIpc) is 3.28. The molecule has 0 aliphatic carbocycles. The van der Waals surface area contributed by atoms with E-state index in [0.717, 1.165) is 10.5 Å². The second kappa shape index (κ2) is 13.2. The Balaban J connectivity index is 1.75. The van der Waals surface area contributed by atoms with Crippen LogP contribution in [0, 0.1) is 0 Å². The van der Waals surface area contributed by atoms with Gasteiger partial charge in [-0.05, 0) is 42.7 Å². The van der Waals surface area contributed by atoms with Crippen LogP contribution in [0.4, 0.5) is 10.5 Å². The van der Waals surface area contributed by atoms with Crippen LogP contribution in [0.15, 0.2) is 59.5 Å². The number of primary amides is 1. The third-order valence-electron chi connectivity index (χ3n) is 5.84. The predicted octanol–water partition coefficient (Wildman–Crippen LogP) is 2.08. The summed E-state index contributed by atoms with van der Waals surface area (Å²) in [6.07, 6.45) is 4.37. The van der Waals surface area contributed by atoms with Crippen molar-refractivity contribution in [3.8, 4) is 0 Å². The van der Waals surface area contributed by atoms with Gasteiger partial charge in [0.2, 0.25) is 17.7 Å². The Hall–Kier alpha value is -3.18. The number of benzene rings is 2. The fourth-order valence-electron chi connectivity index (χ4n) is 4.12. The lowest BCUT2D eigenvalue weighted by molar-refractivity contribution is -0.138. The highest BCUT2D eigenvalue weighted by molar-refractivity contribution is 7.99. The molecule has 0 unspecified atom stereocenters. The van der Waals surface area contributed by atoms with Crippen molar-refractivity contribution in [2.75, 3.05) is 30.1 Å². The van der Waals surface area contributed by atoms with E-state index < -0.39 is 36.0 Å². The van der Waals surface area contributed by atoms with E-state index in [2.05, 4.69) is 16.0 Å². The molecule has 192 valence electrons. The molecule has 3 atom stereocenters. The van der Waals surface area contributed by atoms with Crippen LogP contribution in [0.5, 0.6) is 0 Å². The van der Waals surface area contributed by atoms with Crippen LogP contribution in [0.2, 0.25) is 0 Å². The van der Waals surface area contributed by atoms with E-state index in [1.807, 2.05) is 54.8 Å². The van der Waals surface area contributed by atoms with Gasteiger partial charge in [-0.1, -0.05) is 36.4 Å². The topological polar surface area (TPSA) is 134 Å². The van der Waals surface area contributed by atoms with Crippen molar-refractivity contribution in [1.82, 2.24) is 15.5 Å². The number of amides is 5. The summed E-state index contributed by atoms with van der Waals surface area (Å²) >= 11 is 2.91. The van der Waals surface area contributed by atoms with Crippen molar-refractivity contribution >= 4 is 53.0 Å². The summed E-state index contributed by atoms with van der Waals surface area (Å²) in [5.41, 5.74) is 7.03. The number of hydrogen-bond acceptors (Lipinski definition) is 6. The van der Waals surface area contributed by atoms with Crippen LogP contribution in [0.25, 0.3) is 0 Å². The number of nitrogens with zero attached hydrogens (tertiary/aromatic N) is 1. The number of anilines is 1. The van der Waals surface area contributed by atoms with Crippen molar-refractivity contribution in [2.24, 2.45) is 5.73 Å². The number of rotatable bonds is 10. The molecule has 36 heavy (non-hydrogen) atoms. The monoisotopic (exact) mass is 529 g/mol. The first kappa shape index (κ1) is 27.4. The molecule has 5 N–H and O–H groups in total. The molecule has 9 nitrogen and oxygen atoms in total. The molecule has 1 fully saturated rings. The summed E-state index contributed by atoms with van der Waals surface area (Å²) in [6.45, 7) is 0.310. The lowest BCUT2D eigenvalue weighted by Gasteiger charge is -2.29. The fourth-order valence-corrected chi connectivity index (χ4v) is 4.99. The minimum absolute atomic E-state index is 0.202. The van der Waals surface area contributed by atoms with Gasteiger partial charge < -0.3 is 26.6 Å². The highest BCUT2D eigenvalue weighted by Crippen LogP contribution is 2.22. The first-order chi connectivity index (χ1) is 17.3. The number of thioether (sulfide) groups is 2. The zero-order valence-electron chi connectivity index (χ0n) is 20.2. The maximum atomic E-state index is 13.4. The maximum Gasteiger partial charge on any atom is 0.319 e. The molecular weight excluding hydrogens is 498 g/mol. The minimum atomic E-state index is -0.967. The van der Waals surface area contributed by atoms with E-state index in [-0.39, 0.29) is 18.1 Å². The third-order valence-corrected chi connectivity index (χ3v) is 7.10. The quantitative estimate of drug-likeness (QED) is 0.348. The van der Waals surface area contributed by atoms with Gasteiger partial charge in [-0.3, -0.25) is 14.4 Å². The standard InChI is InChI=1S/C25H31N5O4S2/c1-35-15-21(31)30-12-11-19(29-25(34)27-17-9-6-10-18(14-17)36-2)22(30)24(33)28-20(23(26)32)13-16-7-4-3-5-8-16/h3-10,14,19-20,22H,11-13,15H2,1-2H3,(H2,26,32)(H,28,33)(H2,27,29,34)/t19-,20+,22-/m0/s1. The molecule has 1 heterocycles. The molecule has 3 rings (SSSR count). The van der Waals surface area contributed by atoms with Crippen molar-refractivity contribution in [3.63, 3.8) is 0 Å². The Morgan fingerprint density at radius 3 is 2.50 bits per heavy atom. The van der Waals surface area contributed by atoms with Gasteiger partial charge in [0, 0.05) is 23.5 Å². The summed E-state index contributed by atoms with van der Waals surface area (Å²) in [7, 11) is 0. The van der Waals surface area contributed by atoms with Gasteiger partial charge in [0.1, 0.15) is 12.1 Å². The van der Waals surface area contributed by atoms with Gasteiger partial charge in [0.15, 0.2) is 0 Å². The van der Waals surface area contributed by atoms with Gasteiger partial charge >= 0.3 is 6.03 Å². The SMILES string of the molecule is CSCC(=O)N1CC[C@H](NC(=O)Nc2cccc(SC)c2)[C@H]1C(=O)N[C@H](Cc1ccccc1)C(N)=O. The maximum absolute atomic E-state index is 13.4. The van der Waals surface area contributed by atoms with Crippen LogP contribution in [-0.2, 0) is 20.8 Å². The average molecular weight is 530 g/mol. The molecule has 2 aromatic carbocycles. The number of carbonyl (C=O) groups excluding carboxylic acids is 4. The Labute approximate surface area is 219 Å².